The van der Waals surface area contributed by atoms with Crippen LogP contribution in [0.25, 0.3) is 0 Å². The van der Waals surface area contributed by atoms with Crippen molar-refractivity contribution >= 4 is 17.8 Å². The molecule has 0 unspecified atom stereocenters. The molecule has 0 radical (unpaired) electrons. The number of nitrogens with one attached hydrogen (secondary N) is 1. The van der Waals surface area contributed by atoms with Gasteiger partial charge in [-0.15, -0.1) is 0 Å². The molecule has 0 saturated carbocycles. The summed E-state index contributed by atoms with van der Waals surface area (Å²) < 4.78 is 9.16. The number of hydrogen-bond donors (Lipinski definition) is 2. The van der Waals surface area contributed by atoms with Crippen LogP contribution in [0.15, 0.2) is 60.7 Å². The first-order valence-corrected chi connectivity index (χ1v) is 8.72. The Morgan fingerprint density at radius 3 is 1.86 bits per heavy atom. The number of ketones is 1. The number of ether oxygens (including phenoxy) is 2. The third-order valence-corrected chi connectivity index (χ3v) is 4.41. The van der Waals surface area contributed by atoms with Gasteiger partial charge in [-0.1, -0.05) is 60.7 Å². The maximum atomic E-state index is 13.1. The van der Waals surface area contributed by atoms with E-state index in [-0.39, 0.29) is 12.8 Å². The predicted molar refractivity (Wildman–Crippen MR) is 101 cm³/mol. The third-order valence-electron chi connectivity index (χ3n) is 4.41. The van der Waals surface area contributed by atoms with Crippen LogP contribution in [0.1, 0.15) is 24.0 Å². The lowest BCUT2D eigenvalue weighted by Crippen LogP contribution is -2.43. The van der Waals surface area contributed by atoms with Gasteiger partial charge in [-0.3, -0.25) is 4.79 Å². The highest BCUT2D eigenvalue weighted by Crippen LogP contribution is 2.32. The Kier molecular flexibility index (Phi) is 7.28. The maximum Gasteiger partial charge on any atom is 0.407 e. The Bertz CT molecular complexity index is 767. The van der Waals surface area contributed by atoms with Gasteiger partial charge in [0.05, 0.1) is 14.2 Å². The van der Waals surface area contributed by atoms with Crippen molar-refractivity contribution in [2.24, 2.45) is 0 Å². The van der Waals surface area contributed by atoms with E-state index in [2.05, 4.69) is 14.8 Å². The average Bonchev–Trinajstić information content (AvgIpc) is 2.76. The summed E-state index contributed by atoms with van der Waals surface area (Å²) in [6, 6.07) is 16.1. The quantitative estimate of drug-likeness (QED) is 0.675. The zero-order valence-electron chi connectivity index (χ0n) is 15.8. The summed E-state index contributed by atoms with van der Waals surface area (Å²) in [6.45, 7) is 0. The van der Waals surface area contributed by atoms with Gasteiger partial charge < -0.3 is 19.9 Å². The van der Waals surface area contributed by atoms with E-state index < -0.39 is 29.5 Å². The molecule has 2 N–H and O–H groups in total. The van der Waals surface area contributed by atoms with E-state index in [1.807, 2.05) is 0 Å². The summed E-state index contributed by atoms with van der Waals surface area (Å²) in [5.74, 6) is -1.22. The summed E-state index contributed by atoms with van der Waals surface area (Å²) in [5, 5.41) is 13.7. The molecule has 0 aliphatic heterocycles. The highest BCUT2D eigenvalue weighted by molar-refractivity contribution is 5.92. The Morgan fingerprint density at radius 1 is 0.929 bits per heavy atom. The second kappa shape index (κ2) is 9.66. The second-order valence-corrected chi connectivity index (χ2v) is 6.12. The fraction of sp³-hybridized carbons (Fsp3) is 0.286. The molecule has 1 amide bonds. The molecule has 2 aromatic rings. The highest BCUT2D eigenvalue weighted by atomic mass is 16.5. The van der Waals surface area contributed by atoms with E-state index in [4.69, 9.17) is 0 Å². The van der Waals surface area contributed by atoms with E-state index in [9.17, 15) is 19.5 Å². The van der Waals surface area contributed by atoms with E-state index >= 15 is 0 Å². The van der Waals surface area contributed by atoms with E-state index in [0.717, 1.165) is 0 Å². The summed E-state index contributed by atoms with van der Waals surface area (Å²) in [4.78, 5) is 36.4. The topological polar surface area (TPSA) is 102 Å². The van der Waals surface area contributed by atoms with Crippen LogP contribution < -0.4 is 5.32 Å². The van der Waals surface area contributed by atoms with Crippen molar-refractivity contribution in [3.8, 4) is 0 Å². The van der Waals surface area contributed by atoms with Crippen LogP contribution in [-0.2, 0) is 24.7 Å². The van der Waals surface area contributed by atoms with Gasteiger partial charge in [0.2, 0.25) is 0 Å². The predicted octanol–water partition coefficient (Wildman–Crippen LogP) is 2.17. The number of benzene rings is 2. The fourth-order valence-corrected chi connectivity index (χ4v) is 2.90. The Balaban J connectivity index is 2.28. The molecule has 0 saturated heterocycles. The van der Waals surface area contributed by atoms with Gasteiger partial charge in [-0.2, -0.15) is 0 Å². The normalized spacial score (nSPS) is 12.0. The summed E-state index contributed by atoms with van der Waals surface area (Å²) in [7, 11) is 2.35. The lowest BCUT2D eigenvalue weighted by molar-refractivity contribution is -0.143. The van der Waals surface area contributed by atoms with Crippen LogP contribution in [0.2, 0.25) is 0 Å². The smallest absolute Gasteiger partial charge is 0.407 e. The van der Waals surface area contributed by atoms with Crippen molar-refractivity contribution in [2.45, 2.75) is 24.5 Å². The molecular formula is C21H23NO6. The largest absolute Gasteiger partial charge is 0.467 e. The Hall–Kier alpha value is -3.19. The minimum Gasteiger partial charge on any atom is -0.467 e. The van der Waals surface area contributed by atoms with Gasteiger partial charge in [0, 0.05) is 6.42 Å². The number of carbonyl (C=O) groups excluding carboxylic acids is 3. The summed E-state index contributed by atoms with van der Waals surface area (Å²) >= 11 is 0. The Morgan fingerprint density at radius 2 is 1.43 bits per heavy atom. The Labute approximate surface area is 163 Å². The monoisotopic (exact) mass is 385 g/mol. The molecule has 0 aliphatic rings. The number of alkyl carbamates (subject to hydrolysis) is 1. The van der Waals surface area contributed by atoms with Crippen LogP contribution in [0, 0.1) is 0 Å². The lowest BCUT2D eigenvalue weighted by Gasteiger charge is -2.28. The van der Waals surface area contributed by atoms with Gasteiger partial charge in [0.15, 0.2) is 11.4 Å². The van der Waals surface area contributed by atoms with Gasteiger partial charge >= 0.3 is 12.1 Å². The number of Topliss-reactive ketones (excluding diaryl/α,β-unsaturated/α-hetero) is 1. The van der Waals surface area contributed by atoms with Gasteiger partial charge in [0.25, 0.3) is 0 Å². The molecule has 0 aromatic heterocycles. The minimum absolute atomic E-state index is 0.0530. The molecule has 0 bridgehead atoms. The van der Waals surface area contributed by atoms with E-state index in [0.29, 0.717) is 11.1 Å². The number of methoxy groups -OCH3 is 2. The first-order valence-electron chi connectivity index (χ1n) is 8.72. The van der Waals surface area contributed by atoms with Crippen molar-refractivity contribution in [1.82, 2.24) is 5.32 Å². The molecule has 2 aromatic carbocycles. The summed E-state index contributed by atoms with van der Waals surface area (Å²) in [5.41, 5.74) is -1.04. The molecule has 7 heteroatoms. The molecular weight excluding hydrogens is 362 g/mol. The van der Waals surface area contributed by atoms with Crippen LogP contribution in [0.4, 0.5) is 4.79 Å². The molecule has 0 fully saturated rings. The van der Waals surface area contributed by atoms with Gasteiger partial charge in [-0.25, -0.2) is 9.59 Å². The second-order valence-electron chi connectivity index (χ2n) is 6.12. The number of rotatable bonds is 8. The molecule has 28 heavy (non-hydrogen) atoms. The molecule has 7 nitrogen and oxygen atoms in total. The molecule has 0 aliphatic carbocycles. The fourth-order valence-electron chi connectivity index (χ4n) is 2.90. The third kappa shape index (κ3) is 4.75. The number of hydrogen-bond acceptors (Lipinski definition) is 6. The first kappa shape index (κ1) is 21.1. The number of amides is 1. The van der Waals surface area contributed by atoms with E-state index in [1.54, 1.807) is 60.7 Å². The molecule has 0 spiro atoms. The van der Waals surface area contributed by atoms with Crippen molar-refractivity contribution in [1.29, 1.82) is 0 Å². The van der Waals surface area contributed by atoms with Crippen molar-refractivity contribution < 1.29 is 29.0 Å². The van der Waals surface area contributed by atoms with Crippen LogP contribution in [-0.4, -0.2) is 43.2 Å². The van der Waals surface area contributed by atoms with Crippen molar-refractivity contribution in [2.75, 3.05) is 14.2 Å². The maximum absolute atomic E-state index is 13.1. The van der Waals surface area contributed by atoms with Gasteiger partial charge in [-0.05, 0) is 17.5 Å². The SMILES string of the molecule is COC(=O)N[C@@H](CCC(=O)C(O)(c1ccccc1)c1ccccc1)C(=O)OC. The minimum atomic E-state index is -1.88. The van der Waals surface area contributed by atoms with E-state index in [1.165, 1.54) is 14.2 Å². The standard InChI is InChI=1S/C21H23NO6/c1-27-19(24)17(22-20(25)28-2)13-14-18(23)21(26,15-9-5-3-6-10-15)16-11-7-4-8-12-16/h3-12,17,26H,13-14H2,1-2H3,(H,22,25)/t17-/m0/s1. The zero-order valence-corrected chi connectivity index (χ0v) is 15.8. The van der Waals surface area contributed by atoms with Crippen LogP contribution >= 0.6 is 0 Å². The molecule has 148 valence electrons. The summed E-state index contributed by atoms with van der Waals surface area (Å²) in [6.07, 6.45) is -1.05. The molecule has 1 atom stereocenters. The number of carbonyl (C=O) groups is 3. The lowest BCUT2D eigenvalue weighted by atomic mass is 9.81. The molecule has 0 heterocycles. The van der Waals surface area contributed by atoms with Gasteiger partial charge in [0.1, 0.15) is 6.04 Å². The highest BCUT2D eigenvalue weighted by Gasteiger charge is 2.39. The first-order chi connectivity index (χ1) is 13.4. The number of esters is 1. The van der Waals surface area contributed by atoms with Crippen molar-refractivity contribution in [3.63, 3.8) is 0 Å². The zero-order chi connectivity index (χ0) is 20.6. The van der Waals surface area contributed by atoms with Crippen LogP contribution in [0.3, 0.4) is 0 Å². The van der Waals surface area contributed by atoms with Crippen molar-refractivity contribution in [3.05, 3.63) is 71.8 Å². The molecule has 2 rings (SSSR count). The average molecular weight is 385 g/mol. The van der Waals surface area contributed by atoms with Crippen LogP contribution in [0.5, 0.6) is 0 Å². The number of aliphatic hydroxyl groups is 1.